The van der Waals surface area contributed by atoms with Crippen molar-refractivity contribution in [3.63, 3.8) is 0 Å². The summed E-state index contributed by atoms with van der Waals surface area (Å²) in [7, 11) is 0. The van der Waals surface area contributed by atoms with E-state index in [4.69, 9.17) is 26.2 Å². The van der Waals surface area contributed by atoms with Gasteiger partial charge in [0.15, 0.2) is 17.5 Å². The van der Waals surface area contributed by atoms with Crippen LogP contribution in [0.25, 0.3) is 117 Å². The quantitative estimate of drug-likeness (QED) is 0.161. The predicted molar refractivity (Wildman–Crippen MR) is 254 cm³/mol. The van der Waals surface area contributed by atoms with Gasteiger partial charge in [0, 0.05) is 38.4 Å². The normalized spacial score (nSPS) is 12.7. The lowest BCUT2D eigenvalue weighted by atomic mass is 9.96. The third-order valence-electron chi connectivity index (χ3n) is 11.5. The number of para-hydroxylation sites is 2. The Kier molecular flexibility index (Phi) is 7.25. The summed E-state index contributed by atoms with van der Waals surface area (Å²) in [5.74, 6) is 1.36. The first-order valence-corrected chi connectivity index (χ1v) is 20.4. The smallest absolute Gasteiger partial charge is 0.167 e. The number of nitrogens with zero attached hydrogens (tertiary/aromatic N) is 4. The summed E-state index contributed by atoms with van der Waals surface area (Å²) >= 11 is 0. The summed E-state index contributed by atoms with van der Waals surface area (Å²) in [5, 5.41) is 3.63. The maximum Gasteiger partial charge on any atom is 0.167 e. The highest BCUT2D eigenvalue weighted by molar-refractivity contribution is 6.13. The second-order valence-corrected chi connectivity index (χ2v) is 15.3. The molecule has 0 fully saturated rings. The van der Waals surface area contributed by atoms with Crippen molar-refractivity contribution in [2.45, 2.75) is 0 Å². The largest absolute Gasteiger partial charge is 0.455 e. The van der Waals surface area contributed by atoms with Gasteiger partial charge < -0.3 is 8.98 Å². The first-order chi connectivity index (χ1) is 32.8. The molecule has 290 valence electrons. The minimum absolute atomic E-state index is 0.114. The summed E-state index contributed by atoms with van der Waals surface area (Å²) in [6.07, 6.45) is 0. The molecule has 0 saturated heterocycles. The van der Waals surface area contributed by atoms with E-state index >= 15 is 0 Å². The van der Waals surface area contributed by atoms with Crippen molar-refractivity contribution in [2.24, 2.45) is 0 Å². The van der Waals surface area contributed by atoms with Gasteiger partial charge in [-0.1, -0.05) is 164 Å². The zero-order valence-electron chi connectivity index (χ0n) is 38.1. The Labute approximate surface area is 364 Å². The van der Waals surface area contributed by atoms with E-state index in [-0.39, 0.29) is 17.6 Å². The fraction of sp³-hybridized carbons (Fsp3) is 0. The third-order valence-corrected chi connectivity index (χ3v) is 11.5. The van der Waals surface area contributed by atoms with Crippen LogP contribution in [-0.4, -0.2) is 19.5 Å². The van der Waals surface area contributed by atoms with Crippen LogP contribution in [0.15, 0.2) is 223 Å². The van der Waals surface area contributed by atoms with Crippen LogP contribution in [-0.2, 0) is 0 Å². The zero-order chi connectivity index (χ0) is 45.3. The number of benzene rings is 9. The van der Waals surface area contributed by atoms with Crippen LogP contribution < -0.4 is 0 Å². The SMILES string of the molecule is [2H]c1c([2H])c([2H])c(-c2ccc3oc4c(-c5nc(-c6ccccc6)nc(-c6cc(-c7ccccc7)cc(-c7ccccc7)c6)n5)cc(-n5c6ccccc6c6ccccc65)cc4c3c2)c([2H])c1[2H]. The van der Waals surface area contributed by atoms with Crippen molar-refractivity contribution >= 4 is 43.7 Å². The van der Waals surface area contributed by atoms with Gasteiger partial charge in [0.05, 0.1) is 23.5 Å². The molecular weight excluding hydrogens is 757 g/mol. The maximum atomic E-state index is 8.82. The Hall–Kier alpha value is -8.41. The minimum atomic E-state index is -0.441. The summed E-state index contributed by atoms with van der Waals surface area (Å²) in [6, 6.07) is 61.3. The molecule has 3 aromatic heterocycles. The lowest BCUT2D eigenvalue weighted by Crippen LogP contribution is -2.02. The van der Waals surface area contributed by atoms with Crippen LogP contribution in [0, 0.1) is 0 Å². The number of fused-ring (bicyclic) bond motifs is 6. The lowest BCUT2D eigenvalue weighted by Gasteiger charge is -2.14. The molecule has 0 bridgehead atoms. The average Bonchev–Trinajstić information content (AvgIpc) is 3.93. The first kappa shape index (κ1) is 30.6. The van der Waals surface area contributed by atoms with Gasteiger partial charge in [0.2, 0.25) is 0 Å². The number of rotatable bonds is 7. The molecule has 0 radical (unpaired) electrons. The van der Waals surface area contributed by atoms with E-state index < -0.39 is 18.1 Å². The van der Waals surface area contributed by atoms with Gasteiger partial charge in [-0.3, -0.25) is 0 Å². The predicted octanol–water partition coefficient (Wildman–Crippen LogP) is 14.9. The molecule has 12 rings (SSSR count). The molecule has 0 unspecified atom stereocenters. The van der Waals surface area contributed by atoms with Crippen LogP contribution in [0.1, 0.15) is 6.85 Å². The second-order valence-electron chi connectivity index (χ2n) is 15.3. The highest BCUT2D eigenvalue weighted by Crippen LogP contribution is 2.42. The molecule has 5 nitrogen and oxygen atoms in total. The lowest BCUT2D eigenvalue weighted by molar-refractivity contribution is 0.669. The fourth-order valence-corrected chi connectivity index (χ4v) is 8.60. The van der Waals surface area contributed by atoms with E-state index in [9.17, 15) is 0 Å². The first-order valence-electron chi connectivity index (χ1n) is 22.9. The topological polar surface area (TPSA) is 56.7 Å². The molecule has 0 saturated carbocycles. The Morgan fingerprint density at radius 2 is 0.903 bits per heavy atom. The molecule has 0 aliphatic heterocycles. The van der Waals surface area contributed by atoms with Crippen molar-refractivity contribution in [2.75, 3.05) is 0 Å². The van der Waals surface area contributed by atoms with Gasteiger partial charge in [-0.2, -0.15) is 0 Å². The van der Waals surface area contributed by atoms with E-state index in [1.165, 1.54) is 0 Å². The summed E-state index contributed by atoms with van der Waals surface area (Å²) < 4.78 is 51.8. The molecule has 9 aromatic carbocycles. The van der Waals surface area contributed by atoms with Crippen LogP contribution in [0.4, 0.5) is 0 Å². The summed E-state index contributed by atoms with van der Waals surface area (Å²) in [5.41, 5.74) is 10.9. The van der Waals surface area contributed by atoms with Crippen molar-refractivity contribution < 1.29 is 11.3 Å². The average molecular weight is 798 g/mol. The van der Waals surface area contributed by atoms with Gasteiger partial charge in [0.1, 0.15) is 11.2 Å². The van der Waals surface area contributed by atoms with Gasteiger partial charge in [0.25, 0.3) is 0 Å². The monoisotopic (exact) mass is 797 g/mol. The van der Waals surface area contributed by atoms with E-state index in [1.807, 2.05) is 97.1 Å². The van der Waals surface area contributed by atoms with Crippen molar-refractivity contribution in [3.05, 3.63) is 218 Å². The standard InChI is InChI=1S/C57H36N4O/c1-5-17-37(18-6-1)41-29-30-53-48(34-41)49-35-45(61-51-27-15-13-25-46(51)47-26-14-16-28-52(47)61)36-50(54(49)62-53)57-59-55(40-23-11-4-12-24-40)58-56(60-57)44-32-42(38-19-7-2-8-20-38)31-43(33-44)39-21-9-3-10-22-39/h1-36H/i1D,5D,6D,17D,18D. The number of hydrogen-bond donors (Lipinski definition) is 0. The Bertz CT molecular complexity index is 3790. The summed E-state index contributed by atoms with van der Waals surface area (Å²) in [4.78, 5) is 15.8. The highest BCUT2D eigenvalue weighted by atomic mass is 16.3. The van der Waals surface area contributed by atoms with Gasteiger partial charge >= 0.3 is 0 Å². The molecule has 0 amide bonds. The van der Waals surface area contributed by atoms with E-state index in [2.05, 4.69) is 83.4 Å². The summed E-state index contributed by atoms with van der Waals surface area (Å²) in [6.45, 7) is 0. The molecule has 0 aliphatic rings. The molecule has 62 heavy (non-hydrogen) atoms. The van der Waals surface area contributed by atoms with Crippen molar-refractivity contribution in [3.8, 4) is 73.2 Å². The second kappa shape index (κ2) is 14.7. The van der Waals surface area contributed by atoms with E-state index in [1.54, 1.807) is 12.1 Å². The minimum Gasteiger partial charge on any atom is -0.455 e. The molecule has 12 aromatic rings. The molecule has 0 spiro atoms. The Morgan fingerprint density at radius 1 is 0.371 bits per heavy atom. The molecule has 0 N–H and O–H groups in total. The number of furan rings is 1. The van der Waals surface area contributed by atoms with Gasteiger partial charge in [-0.15, -0.1) is 0 Å². The van der Waals surface area contributed by atoms with Gasteiger partial charge in [-0.25, -0.2) is 15.0 Å². The van der Waals surface area contributed by atoms with Crippen LogP contribution >= 0.6 is 0 Å². The molecule has 3 heterocycles. The molecular formula is C57H36N4O. The molecule has 0 atom stereocenters. The van der Waals surface area contributed by atoms with Gasteiger partial charge in [-0.05, 0) is 88.0 Å². The fourth-order valence-electron chi connectivity index (χ4n) is 8.60. The zero-order valence-corrected chi connectivity index (χ0v) is 33.1. The third kappa shape index (κ3) is 6.14. The Morgan fingerprint density at radius 3 is 1.53 bits per heavy atom. The Balaban J connectivity index is 1.17. The van der Waals surface area contributed by atoms with E-state index in [0.717, 1.165) is 66.3 Å². The molecule has 5 heteroatoms. The number of hydrogen-bond acceptors (Lipinski definition) is 4. The maximum absolute atomic E-state index is 8.82. The van der Waals surface area contributed by atoms with Crippen LogP contribution in [0.5, 0.6) is 0 Å². The van der Waals surface area contributed by atoms with Crippen LogP contribution in [0.3, 0.4) is 0 Å². The molecule has 0 aliphatic carbocycles. The van der Waals surface area contributed by atoms with Crippen molar-refractivity contribution in [1.82, 2.24) is 19.5 Å². The highest BCUT2D eigenvalue weighted by Gasteiger charge is 2.22. The van der Waals surface area contributed by atoms with E-state index in [0.29, 0.717) is 45.2 Å². The van der Waals surface area contributed by atoms with Crippen molar-refractivity contribution in [1.29, 1.82) is 0 Å². The van der Waals surface area contributed by atoms with Crippen LogP contribution in [0.2, 0.25) is 0 Å². The number of aromatic nitrogens is 4.